The number of nitro groups is 1. The van der Waals surface area contributed by atoms with Crippen LogP contribution in [0.1, 0.15) is 12.8 Å². The lowest BCUT2D eigenvalue weighted by Gasteiger charge is -2.31. The largest absolute Gasteiger partial charge is 0.465 e. The van der Waals surface area contributed by atoms with Crippen molar-refractivity contribution in [2.75, 3.05) is 18.4 Å². The number of anilines is 1. The summed E-state index contributed by atoms with van der Waals surface area (Å²) >= 11 is 5.91. The Morgan fingerprint density at radius 3 is 2.75 bits per heavy atom. The van der Waals surface area contributed by atoms with E-state index in [1.165, 1.54) is 11.1 Å². The third-order valence-corrected chi connectivity index (χ3v) is 4.18. The second kappa shape index (κ2) is 6.44. The summed E-state index contributed by atoms with van der Waals surface area (Å²) in [6.07, 6.45) is 1.33. The number of fused-ring (bicyclic) bond motifs is 1. The molecular weight excluding hydrogens is 338 g/mol. The van der Waals surface area contributed by atoms with Crippen molar-refractivity contribution in [2.24, 2.45) is 0 Å². The van der Waals surface area contributed by atoms with E-state index in [-0.39, 0.29) is 22.6 Å². The molecule has 0 bridgehead atoms. The predicted octanol–water partition coefficient (Wildman–Crippen LogP) is 2.75. The Labute approximate surface area is 141 Å². The SMILES string of the molecule is O=C(O)N1CCC(Nc2c([N+](=O)[O-])cnc3ccc(Cl)nc23)CC1. The Kier molecular flexibility index (Phi) is 4.34. The fraction of sp³-hybridized carbons (Fsp3) is 0.357. The highest BCUT2D eigenvalue weighted by Gasteiger charge is 2.26. The molecule has 10 heteroatoms. The van der Waals surface area contributed by atoms with Gasteiger partial charge in [-0.2, -0.15) is 0 Å². The van der Waals surface area contributed by atoms with E-state index < -0.39 is 11.0 Å². The van der Waals surface area contributed by atoms with Crippen LogP contribution in [-0.4, -0.2) is 50.1 Å². The van der Waals surface area contributed by atoms with Gasteiger partial charge in [0.1, 0.15) is 22.6 Å². The van der Waals surface area contributed by atoms with E-state index in [0.29, 0.717) is 37.0 Å². The lowest BCUT2D eigenvalue weighted by Crippen LogP contribution is -2.41. The smallest absolute Gasteiger partial charge is 0.407 e. The van der Waals surface area contributed by atoms with Crippen LogP contribution >= 0.6 is 11.6 Å². The number of carbonyl (C=O) groups is 1. The summed E-state index contributed by atoms with van der Waals surface area (Å²) in [5, 5.41) is 23.7. The van der Waals surface area contributed by atoms with Crippen LogP contribution in [-0.2, 0) is 0 Å². The van der Waals surface area contributed by atoms with Crippen molar-refractivity contribution in [1.82, 2.24) is 14.9 Å². The van der Waals surface area contributed by atoms with Crippen molar-refractivity contribution < 1.29 is 14.8 Å². The molecule has 2 N–H and O–H groups in total. The van der Waals surface area contributed by atoms with E-state index in [1.807, 2.05) is 0 Å². The van der Waals surface area contributed by atoms with Gasteiger partial charge in [0, 0.05) is 19.1 Å². The predicted molar refractivity (Wildman–Crippen MR) is 87.4 cm³/mol. The maximum absolute atomic E-state index is 11.3. The lowest BCUT2D eigenvalue weighted by molar-refractivity contribution is -0.384. The lowest BCUT2D eigenvalue weighted by atomic mass is 10.0. The number of nitrogens with zero attached hydrogens (tertiary/aromatic N) is 4. The number of piperidine rings is 1. The Balaban J connectivity index is 1.93. The third-order valence-electron chi connectivity index (χ3n) is 3.97. The summed E-state index contributed by atoms with van der Waals surface area (Å²) in [4.78, 5) is 31.3. The van der Waals surface area contributed by atoms with Gasteiger partial charge in [-0.05, 0) is 25.0 Å². The van der Waals surface area contributed by atoms with E-state index in [1.54, 1.807) is 12.1 Å². The van der Waals surface area contributed by atoms with Gasteiger partial charge in [0.2, 0.25) is 0 Å². The highest BCUT2D eigenvalue weighted by Crippen LogP contribution is 2.32. The molecule has 1 aliphatic heterocycles. The summed E-state index contributed by atoms with van der Waals surface area (Å²) in [7, 11) is 0. The molecule has 0 aromatic carbocycles. The minimum atomic E-state index is -0.956. The van der Waals surface area contributed by atoms with Crippen LogP contribution in [0, 0.1) is 10.1 Å². The first-order chi connectivity index (χ1) is 11.5. The van der Waals surface area contributed by atoms with Gasteiger partial charge >= 0.3 is 11.8 Å². The van der Waals surface area contributed by atoms with Crippen LogP contribution in [0.5, 0.6) is 0 Å². The maximum Gasteiger partial charge on any atom is 0.407 e. The average molecular weight is 352 g/mol. The highest BCUT2D eigenvalue weighted by molar-refractivity contribution is 6.29. The van der Waals surface area contributed by atoms with Crippen molar-refractivity contribution in [3.8, 4) is 0 Å². The van der Waals surface area contributed by atoms with Gasteiger partial charge in [0.15, 0.2) is 0 Å². The van der Waals surface area contributed by atoms with Crippen LogP contribution in [0.25, 0.3) is 11.0 Å². The first-order valence-electron chi connectivity index (χ1n) is 7.30. The molecule has 1 saturated heterocycles. The molecule has 3 rings (SSSR count). The molecule has 126 valence electrons. The molecule has 1 amide bonds. The molecule has 1 fully saturated rings. The molecular formula is C14H14ClN5O4. The van der Waals surface area contributed by atoms with E-state index in [9.17, 15) is 14.9 Å². The molecule has 0 saturated carbocycles. The highest BCUT2D eigenvalue weighted by atomic mass is 35.5. The Morgan fingerprint density at radius 2 is 2.12 bits per heavy atom. The number of nitrogens with one attached hydrogen (secondary N) is 1. The van der Waals surface area contributed by atoms with Crippen LogP contribution in [0.3, 0.4) is 0 Å². The molecule has 2 aromatic heterocycles. The van der Waals surface area contributed by atoms with E-state index >= 15 is 0 Å². The van der Waals surface area contributed by atoms with Gasteiger partial charge in [0.05, 0.1) is 10.4 Å². The van der Waals surface area contributed by atoms with Crippen molar-refractivity contribution in [3.63, 3.8) is 0 Å². The molecule has 1 aliphatic rings. The summed E-state index contributed by atoms with van der Waals surface area (Å²) in [6.45, 7) is 0.746. The summed E-state index contributed by atoms with van der Waals surface area (Å²) in [5.41, 5.74) is 0.909. The number of pyridine rings is 2. The van der Waals surface area contributed by atoms with Crippen molar-refractivity contribution in [1.29, 1.82) is 0 Å². The van der Waals surface area contributed by atoms with Gasteiger partial charge in [0.25, 0.3) is 0 Å². The van der Waals surface area contributed by atoms with Crippen molar-refractivity contribution in [3.05, 3.63) is 33.6 Å². The van der Waals surface area contributed by atoms with Gasteiger partial charge in [-0.1, -0.05) is 11.6 Å². The number of amides is 1. The molecule has 2 aromatic rings. The standard InChI is InChI=1S/C14H14ClN5O4/c15-11-2-1-9-12(18-11)13(10(7-16-9)20(23)24)17-8-3-5-19(6-4-8)14(21)22/h1-2,7-8H,3-6H2,(H,16,17)(H,21,22). The minimum absolute atomic E-state index is 0.0920. The van der Waals surface area contributed by atoms with Gasteiger partial charge in [-0.3, -0.25) is 10.1 Å². The van der Waals surface area contributed by atoms with Crippen LogP contribution in [0.2, 0.25) is 5.15 Å². The van der Waals surface area contributed by atoms with Crippen LogP contribution in [0.15, 0.2) is 18.3 Å². The van der Waals surface area contributed by atoms with Gasteiger partial charge < -0.3 is 15.3 Å². The fourth-order valence-corrected chi connectivity index (χ4v) is 2.88. The van der Waals surface area contributed by atoms with E-state index in [4.69, 9.17) is 16.7 Å². The first-order valence-corrected chi connectivity index (χ1v) is 7.67. The quantitative estimate of drug-likeness (QED) is 0.495. The third kappa shape index (κ3) is 3.16. The molecule has 24 heavy (non-hydrogen) atoms. The minimum Gasteiger partial charge on any atom is -0.465 e. The van der Waals surface area contributed by atoms with Crippen LogP contribution < -0.4 is 5.32 Å². The number of aromatic nitrogens is 2. The number of likely N-dealkylation sites (tertiary alicyclic amines) is 1. The molecule has 0 atom stereocenters. The Bertz CT molecular complexity index is 807. The second-order valence-electron chi connectivity index (χ2n) is 5.47. The summed E-state index contributed by atoms with van der Waals surface area (Å²) in [5.74, 6) is 0. The Hall–Kier alpha value is -2.68. The zero-order valence-corrected chi connectivity index (χ0v) is 13.2. The summed E-state index contributed by atoms with van der Waals surface area (Å²) < 4.78 is 0. The topological polar surface area (TPSA) is 121 Å². The average Bonchev–Trinajstić information content (AvgIpc) is 2.55. The number of hydrogen-bond acceptors (Lipinski definition) is 6. The first kappa shape index (κ1) is 16.2. The zero-order chi connectivity index (χ0) is 17.3. The molecule has 9 nitrogen and oxygen atoms in total. The molecule has 0 spiro atoms. The molecule has 0 unspecified atom stereocenters. The summed E-state index contributed by atoms with van der Waals surface area (Å²) in [6, 6.07) is 3.12. The maximum atomic E-state index is 11.3. The molecule has 3 heterocycles. The van der Waals surface area contributed by atoms with Crippen LogP contribution in [0.4, 0.5) is 16.2 Å². The number of carboxylic acid groups (broad SMARTS) is 1. The second-order valence-corrected chi connectivity index (χ2v) is 5.85. The molecule has 0 aliphatic carbocycles. The normalized spacial score (nSPS) is 15.5. The number of rotatable bonds is 3. The number of halogens is 1. The van der Waals surface area contributed by atoms with Gasteiger partial charge in [-0.15, -0.1) is 0 Å². The van der Waals surface area contributed by atoms with Crippen molar-refractivity contribution >= 4 is 40.1 Å². The fourth-order valence-electron chi connectivity index (χ4n) is 2.73. The number of hydrogen-bond donors (Lipinski definition) is 2. The van der Waals surface area contributed by atoms with Gasteiger partial charge in [-0.25, -0.2) is 14.8 Å². The molecule has 0 radical (unpaired) electrons. The monoisotopic (exact) mass is 351 g/mol. The Morgan fingerprint density at radius 1 is 1.42 bits per heavy atom. The zero-order valence-electron chi connectivity index (χ0n) is 12.5. The van der Waals surface area contributed by atoms with E-state index in [2.05, 4.69) is 15.3 Å². The van der Waals surface area contributed by atoms with Crippen molar-refractivity contribution in [2.45, 2.75) is 18.9 Å². The van der Waals surface area contributed by atoms with E-state index in [0.717, 1.165) is 0 Å².